The lowest BCUT2D eigenvalue weighted by Gasteiger charge is -2.15. The zero-order chi connectivity index (χ0) is 44.7. The number of benzene rings is 11. The van der Waals surface area contributed by atoms with Gasteiger partial charge in [0.1, 0.15) is 0 Å². The predicted molar refractivity (Wildman–Crippen MR) is 285 cm³/mol. The van der Waals surface area contributed by atoms with Crippen molar-refractivity contribution >= 4 is 71.7 Å². The molecule has 0 radical (unpaired) electrons. The number of hydrogen-bond acceptors (Lipinski definition) is 1. The van der Waals surface area contributed by atoms with E-state index in [1.807, 2.05) is 30.3 Å². The molecule has 1 heterocycles. The third-order valence-corrected chi connectivity index (χ3v) is 13.0. The van der Waals surface area contributed by atoms with E-state index < -0.39 is 0 Å². The lowest BCUT2D eigenvalue weighted by molar-refractivity contribution is 1.18. The summed E-state index contributed by atoms with van der Waals surface area (Å²) in [6.45, 7) is 0. The summed E-state index contributed by atoms with van der Waals surface area (Å²) in [6, 6.07) is 86.1. The van der Waals surface area contributed by atoms with Gasteiger partial charge in [-0.2, -0.15) is 0 Å². The minimum atomic E-state index is 0.205. The maximum atomic E-state index is 9.16. The van der Waals surface area contributed by atoms with Gasteiger partial charge in [0.15, 0.2) is 5.84 Å². The number of rotatable bonds is 8. The van der Waals surface area contributed by atoms with Crippen LogP contribution in [0.15, 0.2) is 254 Å². The Morgan fingerprint density at radius 2 is 1.03 bits per heavy atom. The van der Waals surface area contributed by atoms with Gasteiger partial charge in [0.2, 0.25) is 0 Å². The summed E-state index contributed by atoms with van der Waals surface area (Å²) >= 11 is 0. The molecule has 0 bridgehead atoms. The maximum absolute atomic E-state index is 9.16. The van der Waals surface area contributed by atoms with Crippen molar-refractivity contribution in [3.63, 3.8) is 0 Å². The summed E-state index contributed by atoms with van der Waals surface area (Å²) in [5.41, 5.74) is 13.8. The lowest BCUT2D eigenvalue weighted by Crippen LogP contribution is -2.04. The number of hydrogen-bond donors (Lipinski definition) is 1. The van der Waals surface area contributed by atoms with Gasteiger partial charge in [-0.1, -0.05) is 206 Å². The Bertz CT molecular complexity index is 3930. The average Bonchev–Trinajstić information content (AvgIpc) is 3.74. The monoisotopic (exact) mass is 853 g/mol. The van der Waals surface area contributed by atoms with E-state index in [9.17, 15) is 0 Å². The van der Waals surface area contributed by atoms with Gasteiger partial charge in [-0.3, -0.25) is 5.41 Å². The summed E-state index contributed by atoms with van der Waals surface area (Å²) < 4.78 is 2.38. The van der Waals surface area contributed by atoms with Crippen LogP contribution in [0.2, 0.25) is 0 Å². The van der Waals surface area contributed by atoms with Crippen molar-refractivity contribution in [2.24, 2.45) is 4.99 Å². The molecule has 314 valence electrons. The summed E-state index contributed by atoms with van der Waals surface area (Å²) in [6.07, 6.45) is 4.18. The van der Waals surface area contributed by atoms with Crippen LogP contribution < -0.4 is 0 Å². The van der Waals surface area contributed by atoms with E-state index in [1.54, 1.807) is 0 Å². The minimum Gasteiger partial charge on any atom is -0.309 e. The van der Waals surface area contributed by atoms with Crippen LogP contribution in [0, 0.1) is 5.41 Å². The Kier molecular flexibility index (Phi) is 10.00. The fourth-order valence-electron chi connectivity index (χ4n) is 9.90. The third-order valence-electron chi connectivity index (χ3n) is 13.0. The number of allylic oxidation sites excluding steroid dienone is 1. The summed E-state index contributed by atoms with van der Waals surface area (Å²) in [5, 5.41) is 19.1. The number of nitrogens with one attached hydrogen (secondary N) is 1. The van der Waals surface area contributed by atoms with Crippen LogP contribution in [0.1, 0.15) is 16.7 Å². The Balaban J connectivity index is 0.944. The number of para-hydroxylation sites is 3. The third kappa shape index (κ3) is 7.29. The van der Waals surface area contributed by atoms with Gasteiger partial charge in [0.05, 0.1) is 16.7 Å². The summed E-state index contributed by atoms with van der Waals surface area (Å²) in [4.78, 5) is 5.03. The van der Waals surface area contributed by atoms with Crippen molar-refractivity contribution in [2.45, 2.75) is 0 Å². The SMILES string of the molecule is N=C(N=C(/C=C/c1cccc(-c2cccc(-c3c4ccccc4cc4c3ccc3ccccc34)c2)c1)c1cccc(-c2cccc3c4ccccc4n(-c4ccccc4)c23)c1)c1ccccc1. The molecule has 12 aromatic rings. The highest BCUT2D eigenvalue weighted by Crippen LogP contribution is 2.41. The number of nitrogens with zero attached hydrogens (tertiary/aromatic N) is 2. The van der Waals surface area contributed by atoms with E-state index in [0.717, 1.165) is 50.1 Å². The molecule has 11 aromatic carbocycles. The minimum absolute atomic E-state index is 0.205. The first-order chi connectivity index (χ1) is 33.1. The first kappa shape index (κ1) is 39.7. The van der Waals surface area contributed by atoms with Crippen LogP contribution in [-0.2, 0) is 0 Å². The Morgan fingerprint density at radius 3 is 1.88 bits per heavy atom. The van der Waals surface area contributed by atoms with Crippen LogP contribution in [0.25, 0.3) is 99.3 Å². The van der Waals surface area contributed by atoms with Gasteiger partial charge in [0.25, 0.3) is 0 Å². The van der Waals surface area contributed by atoms with Crippen molar-refractivity contribution in [1.29, 1.82) is 5.41 Å². The van der Waals surface area contributed by atoms with Crippen molar-refractivity contribution in [2.75, 3.05) is 0 Å². The van der Waals surface area contributed by atoms with Crippen LogP contribution in [0.4, 0.5) is 0 Å². The molecule has 12 rings (SSSR count). The molecule has 0 unspecified atom stereocenters. The van der Waals surface area contributed by atoms with E-state index in [1.165, 1.54) is 59.7 Å². The first-order valence-corrected chi connectivity index (χ1v) is 22.8. The molecule has 67 heavy (non-hydrogen) atoms. The van der Waals surface area contributed by atoms with E-state index in [0.29, 0.717) is 5.71 Å². The smallest absolute Gasteiger partial charge is 0.152 e. The fraction of sp³-hybridized carbons (Fsp3) is 0. The molecule has 0 aliphatic carbocycles. The van der Waals surface area contributed by atoms with Gasteiger partial charge in [-0.05, 0) is 114 Å². The Labute approximate surface area is 389 Å². The average molecular weight is 854 g/mol. The quantitative estimate of drug-likeness (QED) is 0.0685. The molecule has 0 aliphatic rings. The molecule has 3 nitrogen and oxygen atoms in total. The van der Waals surface area contributed by atoms with Gasteiger partial charge in [-0.15, -0.1) is 0 Å². The van der Waals surface area contributed by atoms with Crippen molar-refractivity contribution < 1.29 is 0 Å². The molecule has 0 saturated carbocycles. The lowest BCUT2D eigenvalue weighted by atomic mass is 9.89. The highest BCUT2D eigenvalue weighted by Gasteiger charge is 2.18. The molecular formula is C64H43N3. The topological polar surface area (TPSA) is 41.1 Å². The second-order valence-electron chi connectivity index (χ2n) is 17.1. The van der Waals surface area contributed by atoms with Crippen molar-refractivity contribution in [3.8, 4) is 39.1 Å². The normalized spacial score (nSPS) is 12.0. The first-order valence-electron chi connectivity index (χ1n) is 22.8. The highest BCUT2D eigenvalue weighted by atomic mass is 15.0. The van der Waals surface area contributed by atoms with Gasteiger partial charge < -0.3 is 4.57 Å². The van der Waals surface area contributed by atoms with Gasteiger partial charge >= 0.3 is 0 Å². The molecule has 1 aromatic heterocycles. The zero-order valence-corrected chi connectivity index (χ0v) is 36.6. The fourth-order valence-corrected chi connectivity index (χ4v) is 9.90. The molecule has 1 N–H and O–H groups in total. The maximum Gasteiger partial charge on any atom is 0.152 e. The molecule has 0 spiro atoms. The molecule has 0 saturated heterocycles. The molecule has 0 amide bonds. The number of fused-ring (bicyclic) bond motifs is 7. The zero-order valence-electron chi connectivity index (χ0n) is 36.6. The Hall–Kier alpha value is -8.92. The summed E-state index contributed by atoms with van der Waals surface area (Å²) in [7, 11) is 0. The van der Waals surface area contributed by atoms with E-state index in [4.69, 9.17) is 10.4 Å². The predicted octanol–water partition coefficient (Wildman–Crippen LogP) is 16.8. The number of aliphatic imine (C=N–C) groups is 1. The Morgan fingerprint density at radius 1 is 0.403 bits per heavy atom. The molecule has 0 aliphatic heterocycles. The van der Waals surface area contributed by atoms with Crippen LogP contribution in [0.5, 0.6) is 0 Å². The number of amidine groups is 1. The molecular weight excluding hydrogens is 811 g/mol. The molecule has 0 atom stereocenters. The molecule has 3 heteroatoms. The van der Waals surface area contributed by atoms with Crippen LogP contribution >= 0.6 is 0 Å². The second kappa shape index (κ2) is 16.9. The van der Waals surface area contributed by atoms with Gasteiger partial charge in [-0.25, -0.2) is 4.99 Å². The van der Waals surface area contributed by atoms with Crippen molar-refractivity contribution in [3.05, 3.63) is 265 Å². The largest absolute Gasteiger partial charge is 0.309 e. The van der Waals surface area contributed by atoms with E-state index >= 15 is 0 Å². The van der Waals surface area contributed by atoms with Gasteiger partial charge in [0, 0.05) is 33.2 Å². The van der Waals surface area contributed by atoms with E-state index in [2.05, 4.69) is 229 Å². The standard InChI is InChI=1S/C64H43N3/c65-64(45-19-3-1-4-20-45)66-60(50-25-15-24-48(41-50)55-32-16-33-58-56-31-11-12-34-61(56)67(63(55)58)52-27-5-2-6-28-52)38-35-43-17-13-22-46(39-43)47-23-14-26-51(40-47)62-54-30-10-8-21-49(54)42-59-53-29-9-7-18-44(53)36-37-57(59)62/h1-42,65H/b38-35+,65-64?,66-60?. The van der Waals surface area contributed by atoms with Crippen molar-refractivity contribution in [1.82, 2.24) is 4.57 Å². The van der Waals surface area contributed by atoms with Crippen LogP contribution in [0.3, 0.4) is 0 Å². The highest BCUT2D eigenvalue weighted by molar-refractivity contribution is 6.21. The second-order valence-corrected chi connectivity index (χ2v) is 17.1. The number of aromatic nitrogens is 1. The molecule has 0 fully saturated rings. The van der Waals surface area contributed by atoms with Crippen LogP contribution in [-0.4, -0.2) is 16.1 Å². The summed E-state index contributed by atoms with van der Waals surface area (Å²) in [5.74, 6) is 0.205. The van der Waals surface area contributed by atoms with E-state index in [-0.39, 0.29) is 5.84 Å².